The lowest BCUT2D eigenvalue weighted by molar-refractivity contribution is -0.488. The zero-order valence-electron chi connectivity index (χ0n) is 8.08. The number of rotatable bonds is 2. The fourth-order valence-electron chi connectivity index (χ4n) is 6.78. The van der Waals surface area contributed by atoms with Gasteiger partial charge in [-0.15, -0.1) is 0 Å². The van der Waals surface area contributed by atoms with Crippen LogP contribution in [-0.4, -0.2) is 23.4 Å². The van der Waals surface area contributed by atoms with Crippen molar-refractivity contribution in [1.29, 1.82) is 0 Å². The van der Waals surface area contributed by atoms with Crippen LogP contribution in [0.15, 0.2) is 0 Å². The van der Waals surface area contributed by atoms with Crippen LogP contribution in [0.5, 0.6) is 0 Å². The minimum absolute atomic E-state index is 0.330. The topological polar surface area (TPSA) is 40.5 Å². The Morgan fingerprint density at radius 1 is 0.500 bits per heavy atom. The van der Waals surface area contributed by atoms with Crippen LogP contribution >= 0.6 is 0 Å². The molecule has 6 aliphatic carbocycles. The summed E-state index contributed by atoms with van der Waals surface area (Å²) in [5.41, 5.74) is 0. The highest BCUT2D eigenvalue weighted by Crippen LogP contribution is 2.93. The van der Waals surface area contributed by atoms with Crippen molar-refractivity contribution in [2.24, 2.45) is 59.2 Å². The molecular formula is C12H16O2. The summed E-state index contributed by atoms with van der Waals surface area (Å²) in [6.07, 6.45) is 0. The predicted octanol–water partition coefficient (Wildman–Crippen LogP) is 0.201. The molecule has 2 heteroatoms. The highest BCUT2D eigenvalue weighted by Gasteiger charge is 2.90. The van der Waals surface area contributed by atoms with Gasteiger partial charge in [-0.3, -0.25) is 0 Å². The first-order chi connectivity index (χ1) is 6.90. The van der Waals surface area contributed by atoms with Crippen LogP contribution in [-0.2, 0) is 0 Å². The summed E-state index contributed by atoms with van der Waals surface area (Å²) < 4.78 is 0. The standard InChI is InChI=1S/C12H16O2/c13-1-3-4(2-14)6-9-7-5(3)8-10(6)12(9)11(7)8/h3-14H,1-2H2/t3-,4+,5?,6?,7-,8-,9-,10+,11?,12?/m1/s1. The Kier molecular flexibility index (Phi) is 0.931. The lowest BCUT2D eigenvalue weighted by Crippen LogP contribution is -2.92. The molecule has 0 aromatic heterocycles. The van der Waals surface area contributed by atoms with E-state index in [4.69, 9.17) is 0 Å². The van der Waals surface area contributed by atoms with Gasteiger partial charge in [-0.2, -0.15) is 0 Å². The molecule has 6 aliphatic rings. The molecule has 14 heavy (non-hydrogen) atoms. The van der Waals surface area contributed by atoms with E-state index in [1.54, 1.807) is 0 Å². The quantitative estimate of drug-likeness (QED) is 0.656. The van der Waals surface area contributed by atoms with Gasteiger partial charge in [0.05, 0.1) is 0 Å². The van der Waals surface area contributed by atoms with Gasteiger partial charge in [0, 0.05) is 13.2 Å². The van der Waals surface area contributed by atoms with Crippen molar-refractivity contribution in [1.82, 2.24) is 0 Å². The van der Waals surface area contributed by atoms with Gasteiger partial charge in [0.15, 0.2) is 0 Å². The summed E-state index contributed by atoms with van der Waals surface area (Å²) in [5, 5.41) is 18.9. The van der Waals surface area contributed by atoms with Crippen LogP contribution in [0.1, 0.15) is 0 Å². The Morgan fingerprint density at radius 3 is 1.07 bits per heavy atom. The zero-order chi connectivity index (χ0) is 9.19. The Labute approximate surface area is 83.3 Å². The summed E-state index contributed by atoms with van der Waals surface area (Å²) in [4.78, 5) is 0. The second-order valence-electron chi connectivity index (χ2n) is 6.31. The van der Waals surface area contributed by atoms with Gasteiger partial charge >= 0.3 is 0 Å². The lowest BCUT2D eigenvalue weighted by atomic mass is 9.09. The highest BCUT2D eigenvalue weighted by molar-refractivity contribution is 5.36. The number of aliphatic hydroxyl groups excluding tert-OH is 2. The van der Waals surface area contributed by atoms with Gasteiger partial charge in [0.2, 0.25) is 0 Å². The van der Waals surface area contributed by atoms with Crippen molar-refractivity contribution in [2.75, 3.05) is 13.2 Å². The molecule has 0 aromatic rings. The van der Waals surface area contributed by atoms with Crippen molar-refractivity contribution in [3.63, 3.8) is 0 Å². The maximum atomic E-state index is 9.45. The van der Waals surface area contributed by atoms with Gasteiger partial charge in [-0.1, -0.05) is 0 Å². The van der Waals surface area contributed by atoms with Crippen LogP contribution in [0.3, 0.4) is 0 Å². The van der Waals surface area contributed by atoms with Crippen molar-refractivity contribution in [3.8, 4) is 0 Å². The molecule has 0 amide bonds. The molecule has 76 valence electrons. The third-order valence-corrected chi connectivity index (χ3v) is 6.85. The van der Waals surface area contributed by atoms with Gasteiger partial charge < -0.3 is 10.2 Å². The fraction of sp³-hybridized carbons (Fsp3) is 1.00. The molecule has 4 unspecified atom stereocenters. The second-order valence-corrected chi connectivity index (χ2v) is 6.31. The molecule has 0 saturated heterocycles. The maximum Gasteiger partial charge on any atom is 0.0465 e. The molecule has 10 atom stereocenters. The van der Waals surface area contributed by atoms with E-state index < -0.39 is 0 Å². The summed E-state index contributed by atoms with van der Waals surface area (Å²) >= 11 is 0. The molecule has 0 aromatic carbocycles. The van der Waals surface area contributed by atoms with E-state index in [0.29, 0.717) is 25.0 Å². The van der Waals surface area contributed by atoms with Crippen LogP contribution in [0, 0.1) is 59.2 Å². The van der Waals surface area contributed by atoms with E-state index in [2.05, 4.69) is 0 Å². The molecule has 6 saturated carbocycles. The average Bonchev–Trinajstić information content (AvgIpc) is 2.17. The van der Waals surface area contributed by atoms with Crippen molar-refractivity contribution in [3.05, 3.63) is 0 Å². The molecule has 2 N–H and O–H groups in total. The number of aliphatic hydroxyl groups is 2. The minimum Gasteiger partial charge on any atom is -0.396 e. The Morgan fingerprint density at radius 2 is 0.786 bits per heavy atom. The van der Waals surface area contributed by atoms with Crippen molar-refractivity contribution < 1.29 is 10.2 Å². The first kappa shape index (κ1) is 7.24. The second kappa shape index (κ2) is 1.80. The van der Waals surface area contributed by atoms with Gasteiger partial charge in [-0.25, -0.2) is 0 Å². The number of fused-ring (bicyclic) bond motifs is 1. The summed E-state index contributed by atoms with van der Waals surface area (Å²) in [6.45, 7) is 0.659. The molecule has 0 aliphatic heterocycles. The first-order valence-corrected chi connectivity index (χ1v) is 6.12. The first-order valence-electron chi connectivity index (χ1n) is 6.12. The number of hydrogen-bond donors (Lipinski definition) is 2. The minimum atomic E-state index is 0.330. The fourth-order valence-corrected chi connectivity index (χ4v) is 6.78. The lowest BCUT2D eigenvalue weighted by Gasteiger charge is -2.95. The van der Waals surface area contributed by atoms with E-state index in [1.165, 1.54) is 0 Å². The van der Waals surface area contributed by atoms with Crippen molar-refractivity contribution >= 4 is 0 Å². The zero-order valence-corrected chi connectivity index (χ0v) is 8.08. The smallest absolute Gasteiger partial charge is 0.0465 e. The molecule has 0 heterocycles. The highest BCUT2D eigenvalue weighted by atomic mass is 16.3. The van der Waals surface area contributed by atoms with Crippen LogP contribution in [0.2, 0.25) is 0 Å². The molecule has 2 nitrogen and oxygen atoms in total. The van der Waals surface area contributed by atoms with Crippen LogP contribution < -0.4 is 0 Å². The van der Waals surface area contributed by atoms with E-state index in [-0.39, 0.29) is 0 Å². The van der Waals surface area contributed by atoms with E-state index >= 15 is 0 Å². The van der Waals surface area contributed by atoms with E-state index in [1.807, 2.05) is 0 Å². The van der Waals surface area contributed by atoms with Crippen LogP contribution in [0.25, 0.3) is 0 Å². The summed E-state index contributed by atoms with van der Waals surface area (Å²) in [7, 11) is 0. The predicted molar refractivity (Wildman–Crippen MR) is 49.1 cm³/mol. The molecule has 2 bridgehead atoms. The molecule has 0 radical (unpaired) electrons. The van der Waals surface area contributed by atoms with Crippen LogP contribution in [0.4, 0.5) is 0 Å². The third-order valence-electron chi connectivity index (χ3n) is 6.85. The molecular weight excluding hydrogens is 176 g/mol. The molecule has 0 spiro atoms. The van der Waals surface area contributed by atoms with E-state index in [9.17, 15) is 10.2 Å². The van der Waals surface area contributed by atoms with Gasteiger partial charge in [-0.05, 0) is 59.2 Å². The SMILES string of the molecule is OC[C@@H]1C2[C@H]3C4C5[C@@H]3C([C@@H]5[C@@H]42)[C@@H]1CO. The third kappa shape index (κ3) is 0.396. The van der Waals surface area contributed by atoms with Crippen molar-refractivity contribution in [2.45, 2.75) is 0 Å². The summed E-state index contributed by atoms with van der Waals surface area (Å²) in [5.74, 6) is 8.77. The average molecular weight is 192 g/mol. The Balaban J connectivity index is 1.60. The Bertz CT molecular complexity index is 272. The van der Waals surface area contributed by atoms with Gasteiger partial charge in [0.25, 0.3) is 0 Å². The molecule has 6 fully saturated rings. The maximum absolute atomic E-state index is 9.45. The summed E-state index contributed by atoms with van der Waals surface area (Å²) in [6, 6.07) is 0. The number of hydrogen-bond acceptors (Lipinski definition) is 2. The van der Waals surface area contributed by atoms with E-state index in [0.717, 1.165) is 47.3 Å². The molecule has 6 rings (SSSR count). The largest absolute Gasteiger partial charge is 0.396 e. The Hall–Kier alpha value is -0.0800. The normalized spacial score (nSPS) is 79.3. The monoisotopic (exact) mass is 192 g/mol. The van der Waals surface area contributed by atoms with Gasteiger partial charge in [0.1, 0.15) is 0 Å².